The van der Waals surface area contributed by atoms with Crippen LogP contribution < -0.4 is 0 Å². The summed E-state index contributed by atoms with van der Waals surface area (Å²) in [7, 11) is 0. The first-order valence-electron chi connectivity index (χ1n) is 6.26. The Labute approximate surface area is 93.3 Å². The highest BCUT2D eigenvalue weighted by atomic mass is 15.2. The third-order valence-electron chi connectivity index (χ3n) is 3.87. The summed E-state index contributed by atoms with van der Waals surface area (Å²) in [5.74, 6) is 0.963. The van der Waals surface area contributed by atoms with Crippen LogP contribution in [0, 0.1) is 22.7 Å². The average Bonchev–Trinajstić information content (AvgIpc) is 3.03. The zero-order valence-corrected chi connectivity index (χ0v) is 10.00. The molecule has 0 heterocycles. The van der Waals surface area contributed by atoms with Crippen molar-refractivity contribution in [1.82, 2.24) is 4.90 Å². The van der Waals surface area contributed by atoms with Crippen molar-refractivity contribution in [2.75, 3.05) is 13.1 Å². The van der Waals surface area contributed by atoms with Gasteiger partial charge in [-0.2, -0.15) is 5.26 Å². The van der Waals surface area contributed by atoms with Crippen LogP contribution in [-0.2, 0) is 0 Å². The van der Waals surface area contributed by atoms with Crippen LogP contribution in [0.5, 0.6) is 0 Å². The molecule has 2 nitrogen and oxygen atoms in total. The molecule has 0 bridgehead atoms. The number of nitrogens with zero attached hydrogens (tertiary/aromatic N) is 2. The van der Waals surface area contributed by atoms with Gasteiger partial charge in [-0.25, -0.2) is 0 Å². The van der Waals surface area contributed by atoms with Crippen molar-refractivity contribution >= 4 is 0 Å². The molecule has 0 atom stereocenters. The van der Waals surface area contributed by atoms with Gasteiger partial charge in [-0.1, -0.05) is 0 Å². The van der Waals surface area contributed by atoms with E-state index in [1.165, 1.54) is 32.2 Å². The van der Waals surface area contributed by atoms with Crippen molar-refractivity contribution in [2.24, 2.45) is 11.3 Å². The fourth-order valence-corrected chi connectivity index (χ4v) is 2.26. The minimum atomic E-state index is 0.383. The van der Waals surface area contributed by atoms with E-state index < -0.39 is 0 Å². The Morgan fingerprint density at radius 2 is 2.07 bits per heavy atom. The first-order chi connectivity index (χ1) is 7.15. The lowest BCUT2D eigenvalue weighted by molar-refractivity contribution is 0.171. The minimum Gasteiger partial charge on any atom is -0.300 e. The molecule has 2 aliphatic rings. The molecule has 0 amide bonds. The summed E-state index contributed by atoms with van der Waals surface area (Å²) in [5, 5.41) is 8.82. The predicted octanol–water partition coefficient (Wildman–Crippen LogP) is 2.80. The molecule has 2 aliphatic carbocycles. The summed E-state index contributed by atoms with van der Waals surface area (Å²) in [4.78, 5) is 2.60. The fourth-order valence-electron chi connectivity index (χ4n) is 2.26. The number of hydrogen-bond donors (Lipinski definition) is 0. The summed E-state index contributed by atoms with van der Waals surface area (Å²) in [6.45, 7) is 7.00. The van der Waals surface area contributed by atoms with Gasteiger partial charge < -0.3 is 4.90 Å². The Kier molecular flexibility index (Phi) is 3.02. The van der Waals surface area contributed by atoms with E-state index in [-0.39, 0.29) is 0 Å². The largest absolute Gasteiger partial charge is 0.300 e. The maximum absolute atomic E-state index is 8.82. The van der Waals surface area contributed by atoms with Crippen LogP contribution in [0.2, 0.25) is 0 Å². The lowest BCUT2D eigenvalue weighted by Crippen LogP contribution is -2.37. The molecule has 0 radical (unpaired) electrons. The second-order valence-electron chi connectivity index (χ2n) is 5.80. The first kappa shape index (κ1) is 11.0. The van der Waals surface area contributed by atoms with Gasteiger partial charge in [0.25, 0.3) is 0 Å². The maximum Gasteiger partial charge on any atom is 0.0628 e. The number of nitriles is 1. The van der Waals surface area contributed by atoms with E-state index in [4.69, 9.17) is 5.26 Å². The van der Waals surface area contributed by atoms with Gasteiger partial charge in [0.1, 0.15) is 0 Å². The minimum absolute atomic E-state index is 0.383. The van der Waals surface area contributed by atoms with E-state index >= 15 is 0 Å². The smallest absolute Gasteiger partial charge is 0.0628 e. The lowest BCUT2D eigenvalue weighted by Gasteiger charge is -2.30. The molecule has 0 aromatic carbocycles. The molecule has 2 rings (SSSR count). The SMILES string of the molecule is CC(C)N(CC1CC1)CC1(CC#N)CC1. The molecule has 0 spiro atoms. The molecular weight excluding hydrogens is 184 g/mol. The Balaban J connectivity index is 1.85. The van der Waals surface area contributed by atoms with Gasteiger partial charge >= 0.3 is 0 Å². The molecule has 0 N–H and O–H groups in total. The van der Waals surface area contributed by atoms with Crippen LogP contribution in [-0.4, -0.2) is 24.0 Å². The van der Waals surface area contributed by atoms with Gasteiger partial charge in [0.05, 0.1) is 6.07 Å². The van der Waals surface area contributed by atoms with Gasteiger partial charge in [0.15, 0.2) is 0 Å². The van der Waals surface area contributed by atoms with Crippen molar-refractivity contribution in [3.63, 3.8) is 0 Å². The zero-order valence-electron chi connectivity index (χ0n) is 10.00. The van der Waals surface area contributed by atoms with E-state index in [9.17, 15) is 0 Å². The summed E-state index contributed by atoms with van der Waals surface area (Å²) in [5.41, 5.74) is 0.383. The second-order valence-corrected chi connectivity index (χ2v) is 5.80. The standard InChI is InChI=1S/C13H22N2/c1-11(2)15(9-12-3-4-12)10-13(5-6-13)7-8-14/h11-12H,3-7,9-10H2,1-2H3. The Bertz CT molecular complexity index is 256. The highest BCUT2D eigenvalue weighted by molar-refractivity contribution is 5.01. The molecule has 0 aliphatic heterocycles. The molecule has 2 fully saturated rings. The summed E-state index contributed by atoms with van der Waals surface area (Å²) >= 11 is 0. The molecular formula is C13H22N2. The maximum atomic E-state index is 8.82. The molecule has 2 heteroatoms. The molecule has 0 aromatic heterocycles. The van der Waals surface area contributed by atoms with Crippen molar-refractivity contribution in [1.29, 1.82) is 5.26 Å². The van der Waals surface area contributed by atoms with Crippen LogP contribution in [0.25, 0.3) is 0 Å². The Hall–Kier alpha value is -0.550. The van der Waals surface area contributed by atoms with E-state index in [0.29, 0.717) is 11.5 Å². The molecule has 0 aromatic rings. The predicted molar refractivity (Wildman–Crippen MR) is 61.3 cm³/mol. The summed E-state index contributed by atoms with van der Waals surface area (Å²) in [6.07, 6.45) is 6.16. The molecule has 0 unspecified atom stereocenters. The average molecular weight is 206 g/mol. The first-order valence-corrected chi connectivity index (χ1v) is 6.26. The van der Waals surface area contributed by atoms with Gasteiger partial charge in [-0.05, 0) is 50.9 Å². The van der Waals surface area contributed by atoms with Crippen LogP contribution in [0.15, 0.2) is 0 Å². The molecule has 84 valence electrons. The highest BCUT2D eigenvalue weighted by Gasteiger charge is 2.44. The van der Waals surface area contributed by atoms with Gasteiger partial charge in [-0.15, -0.1) is 0 Å². The summed E-state index contributed by atoms with van der Waals surface area (Å²) < 4.78 is 0. The van der Waals surface area contributed by atoms with Gasteiger partial charge in [0, 0.05) is 25.6 Å². The molecule has 2 saturated carbocycles. The third-order valence-corrected chi connectivity index (χ3v) is 3.87. The quantitative estimate of drug-likeness (QED) is 0.668. The Morgan fingerprint density at radius 3 is 2.47 bits per heavy atom. The van der Waals surface area contributed by atoms with Crippen molar-refractivity contribution in [3.05, 3.63) is 0 Å². The third kappa shape index (κ3) is 2.95. The van der Waals surface area contributed by atoms with E-state index in [1.807, 2.05) is 0 Å². The van der Waals surface area contributed by atoms with E-state index in [0.717, 1.165) is 18.9 Å². The van der Waals surface area contributed by atoms with Gasteiger partial charge in [-0.3, -0.25) is 0 Å². The van der Waals surface area contributed by atoms with Crippen LogP contribution in [0.3, 0.4) is 0 Å². The number of rotatable bonds is 6. The van der Waals surface area contributed by atoms with E-state index in [2.05, 4.69) is 24.8 Å². The fraction of sp³-hybridized carbons (Fsp3) is 0.923. The van der Waals surface area contributed by atoms with Gasteiger partial charge in [0.2, 0.25) is 0 Å². The topological polar surface area (TPSA) is 27.0 Å². The Morgan fingerprint density at radius 1 is 1.40 bits per heavy atom. The second kappa shape index (κ2) is 4.14. The monoisotopic (exact) mass is 206 g/mol. The van der Waals surface area contributed by atoms with Crippen molar-refractivity contribution in [2.45, 2.75) is 52.0 Å². The molecule has 15 heavy (non-hydrogen) atoms. The van der Waals surface area contributed by atoms with Crippen LogP contribution in [0.4, 0.5) is 0 Å². The lowest BCUT2D eigenvalue weighted by atomic mass is 10.0. The van der Waals surface area contributed by atoms with Crippen LogP contribution >= 0.6 is 0 Å². The number of hydrogen-bond acceptors (Lipinski definition) is 2. The van der Waals surface area contributed by atoms with Crippen molar-refractivity contribution < 1.29 is 0 Å². The normalized spacial score (nSPS) is 23.1. The summed E-state index contributed by atoms with van der Waals surface area (Å²) in [6, 6.07) is 3.00. The van der Waals surface area contributed by atoms with Crippen molar-refractivity contribution in [3.8, 4) is 6.07 Å². The van der Waals surface area contributed by atoms with Crippen LogP contribution in [0.1, 0.15) is 46.0 Å². The highest BCUT2D eigenvalue weighted by Crippen LogP contribution is 2.49. The zero-order chi connectivity index (χ0) is 10.9. The molecule has 0 saturated heterocycles. The van der Waals surface area contributed by atoms with E-state index in [1.54, 1.807) is 0 Å².